The van der Waals surface area contributed by atoms with Gasteiger partial charge in [0.05, 0.1) is 34.1 Å². The highest BCUT2D eigenvalue weighted by Gasteiger charge is 2.21. The molecule has 0 spiro atoms. The van der Waals surface area contributed by atoms with Crippen LogP contribution in [0.25, 0.3) is 10.2 Å². The van der Waals surface area contributed by atoms with Gasteiger partial charge in [-0.1, -0.05) is 12.1 Å². The molecule has 9 heteroatoms. The maximum atomic E-state index is 13.0. The Morgan fingerprint density at radius 2 is 2.10 bits per heavy atom. The van der Waals surface area contributed by atoms with Gasteiger partial charge in [-0.3, -0.25) is 4.79 Å². The molecule has 3 aromatic heterocycles. The molecule has 0 bridgehead atoms. The summed E-state index contributed by atoms with van der Waals surface area (Å²) in [5, 5.41) is 10.3. The molecule has 2 N–H and O–H groups in total. The van der Waals surface area contributed by atoms with Gasteiger partial charge in [0.25, 0.3) is 5.91 Å². The Kier molecular flexibility index (Phi) is 6.15. The first kappa shape index (κ1) is 21.2. The van der Waals surface area contributed by atoms with E-state index in [9.17, 15) is 4.79 Å². The Bertz CT molecular complexity index is 1230. The van der Waals surface area contributed by atoms with Crippen molar-refractivity contribution in [2.24, 2.45) is 0 Å². The first-order valence-corrected chi connectivity index (χ1v) is 11.5. The topological polar surface area (TPSA) is 89.0 Å². The Labute approximate surface area is 188 Å². The van der Waals surface area contributed by atoms with Gasteiger partial charge >= 0.3 is 0 Å². The molecule has 1 amide bonds. The van der Waals surface area contributed by atoms with Crippen molar-refractivity contribution in [2.75, 3.05) is 12.4 Å². The zero-order valence-electron chi connectivity index (χ0n) is 17.7. The fraction of sp³-hybridized carbons (Fsp3) is 0.273. The van der Waals surface area contributed by atoms with Gasteiger partial charge < -0.3 is 15.4 Å². The van der Waals surface area contributed by atoms with Gasteiger partial charge in [-0.2, -0.15) is 0 Å². The van der Waals surface area contributed by atoms with E-state index >= 15 is 0 Å². The van der Waals surface area contributed by atoms with Crippen LogP contribution < -0.4 is 15.4 Å². The highest BCUT2D eigenvalue weighted by atomic mass is 32.1. The number of anilines is 1. The van der Waals surface area contributed by atoms with Crippen molar-refractivity contribution in [1.82, 2.24) is 20.3 Å². The number of amides is 1. The number of methoxy groups -OCH3 is 1. The molecule has 0 unspecified atom stereocenters. The average Bonchev–Trinajstić information content (AvgIpc) is 3.36. The number of hydrogen-bond donors (Lipinski definition) is 2. The van der Waals surface area contributed by atoms with Gasteiger partial charge in [-0.15, -0.1) is 22.7 Å². The third-order valence-electron chi connectivity index (χ3n) is 4.96. The molecule has 0 saturated heterocycles. The Morgan fingerprint density at radius 3 is 2.84 bits per heavy atom. The molecule has 31 heavy (non-hydrogen) atoms. The fourth-order valence-corrected chi connectivity index (χ4v) is 5.06. The lowest BCUT2D eigenvalue weighted by Gasteiger charge is -2.11. The monoisotopic (exact) mass is 453 g/mol. The summed E-state index contributed by atoms with van der Waals surface area (Å²) in [6.45, 7) is 6.42. The smallest absolute Gasteiger partial charge is 0.262 e. The lowest BCUT2D eigenvalue weighted by atomic mass is 10.1. The summed E-state index contributed by atoms with van der Waals surface area (Å²) in [7, 11) is 1.65. The van der Waals surface area contributed by atoms with Crippen molar-refractivity contribution in [1.29, 1.82) is 0 Å². The normalized spacial score (nSPS) is 12.0. The van der Waals surface area contributed by atoms with Crippen LogP contribution in [0, 0.1) is 13.8 Å². The second-order valence-electron chi connectivity index (χ2n) is 7.15. The molecule has 7 nitrogen and oxygen atoms in total. The number of aromatic nitrogens is 3. The number of aryl methyl sites for hydroxylation is 2. The molecular formula is C22H23N5O2S2. The van der Waals surface area contributed by atoms with Crippen LogP contribution >= 0.6 is 22.7 Å². The van der Waals surface area contributed by atoms with Crippen LogP contribution in [0.2, 0.25) is 0 Å². The molecule has 4 aromatic rings. The van der Waals surface area contributed by atoms with E-state index in [1.165, 1.54) is 17.7 Å². The van der Waals surface area contributed by atoms with E-state index in [2.05, 4.69) is 25.6 Å². The van der Waals surface area contributed by atoms with Gasteiger partial charge in [0.15, 0.2) is 0 Å². The van der Waals surface area contributed by atoms with Gasteiger partial charge in [0.1, 0.15) is 22.7 Å². The van der Waals surface area contributed by atoms with Crippen LogP contribution in [-0.4, -0.2) is 28.0 Å². The van der Waals surface area contributed by atoms with Gasteiger partial charge in [0.2, 0.25) is 0 Å². The molecule has 0 radical (unpaired) electrons. The Hall–Kier alpha value is -3.04. The van der Waals surface area contributed by atoms with Gasteiger partial charge in [-0.25, -0.2) is 15.0 Å². The molecule has 0 aliphatic rings. The number of ether oxygens (including phenoxy) is 1. The number of nitrogens with one attached hydrogen (secondary N) is 2. The third-order valence-corrected chi connectivity index (χ3v) is 6.95. The fourth-order valence-electron chi connectivity index (χ4n) is 3.31. The molecule has 0 aliphatic carbocycles. The molecule has 0 fully saturated rings. The summed E-state index contributed by atoms with van der Waals surface area (Å²) >= 11 is 2.95. The number of thiazole rings is 1. The molecule has 0 aliphatic heterocycles. The minimum atomic E-state index is -0.168. The van der Waals surface area contributed by atoms with E-state index < -0.39 is 0 Å². The summed E-state index contributed by atoms with van der Waals surface area (Å²) in [5.41, 5.74) is 2.81. The second-order valence-corrected chi connectivity index (χ2v) is 9.21. The SMILES string of the molecule is COc1cccc(CNc2ncnc3sc(C(=O)N[C@H](C)c4csc(C)n4)c(C)c23)c1. The van der Waals surface area contributed by atoms with E-state index in [1.807, 2.05) is 50.4 Å². The van der Waals surface area contributed by atoms with Crippen molar-refractivity contribution in [2.45, 2.75) is 33.4 Å². The maximum absolute atomic E-state index is 13.0. The molecule has 3 heterocycles. The number of nitrogens with zero attached hydrogens (tertiary/aromatic N) is 3. The van der Waals surface area contributed by atoms with E-state index in [4.69, 9.17) is 4.74 Å². The Morgan fingerprint density at radius 1 is 1.26 bits per heavy atom. The van der Waals surface area contributed by atoms with Crippen LogP contribution in [0.4, 0.5) is 5.82 Å². The number of rotatable bonds is 7. The number of benzene rings is 1. The highest BCUT2D eigenvalue weighted by molar-refractivity contribution is 7.20. The second kappa shape index (κ2) is 8.99. The predicted octanol–water partition coefficient (Wildman–Crippen LogP) is 4.88. The molecule has 4 rings (SSSR count). The largest absolute Gasteiger partial charge is 0.497 e. The lowest BCUT2D eigenvalue weighted by Crippen LogP contribution is -2.26. The first-order valence-electron chi connectivity index (χ1n) is 9.80. The number of carbonyl (C=O) groups is 1. The molecule has 1 aromatic carbocycles. The van der Waals surface area contributed by atoms with Crippen LogP contribution in [0.15, 0.2) is 36.0 Å². The highest BCUT2D eigenvalue weighted by Crippen LogP contribution is 2.34. The number of fused-ring (bicyclic) bond motifs is 1. The standard InChI is InChI=1S/C22H23N5O2S2/c1-12-18-20(23-9-15-6-5-7-16(8-15)29-4)24-11-25-22(18)31-19(12)21(28)26-13(2)17-10-30-14(3)27-17/h5-8,10-11,13H,9H2,1-4H3,(H,26,28)(H,23,24,25)/t13-/m1/s1. The van der Waals surface area contributed by atoms with Crippen molar-refractivity contribution in [3.8, 4) is 5.75 Å². The number of carbonyl (C=O) groups excluding carboxylic acids is 1. The van der Waals surface area contributed by atoms with Crippen LogP contribution in [0.3, 0.4) is 0 Å². The maximum Gasteiger partial charge on any atom is 0.262 e. The van der Waals surface area contributed by atoms with Gasteiger partial charge in [-0.05, 0) is 44.0 Å². The first-order chi connectivity index (χ1) is 15.0. The lowest BCUT2D eigenvalue weighted by molar-refractivity contribution is 0.0943. The number of thiophene rings is 1. The molecular weight excluding hydrogens is 430 g/mol. The summed E-state index contributed by atoms with van der Waals surface area (Å²) in [6.07, 6.45) is 1.52. The van der Waals surface area contributed by atoms with E-state index in [0.717, 1.165) is 37.8 Å². The van der Waals surface area contributed by atoms with Crippen molar-refractivity contribution < 1.29 is 9.53 Å². The van der Waals surface area contributed by atoms with Crippen molar-refractivity contribution >= 4 is 44.6 Å². The summed E-state index contributed by atoms with van der Waals surface area (Å²) in [4.78, 5) is 27.7. The predicted molar refractivity (Wildman–Crippen MR) is 125 cm³/mol. The molecule has 0 saturated carbocycles. The van der Waals surface area contributed by atoms with E-state index in [0.29, 0.717) is 17.2 Å². The minimum Gasteiger partial charge on any atom is -0.497 e. The van der Waals surface area contributed by atoms with Crippen LogP contribution in [0.5, 0.6) is 5.75 Å². The summed E-state index contributed by atoms with van der Waals surface area (Å²) in [5.74, 6) is 1.39. The number of hydrogen-bond acceptors (Lipinski definition) is 8. The van der Waals surface area contributed by atoms with Crippen LogP contribution in [-0.2, 0) is 6.54 Å². The quantitative estimate of drug-likeness (QED) is 0.415. The molecule has 160 valence electrons. The summed E-state index contributed by atoms with van der Waals surface area (Å²) < 4.78 is 5.29. The van der Waals surface area contributed by atoms with Crippen molar-refractivity contribution in [3.05, 3.63) is 62.7 Å². The zero-order valence-corrected chi connectivity index (χ0v) is 19.4. The Balaban J connectivity index is 1.56. The summed E-state index contributed by atoms with van der Waals surface area (Å²) in [6, 6.07) is 7.70. The van der Waals surface area contributed by atoms with Crippen LogP contribution in [0.1, 0.15) is 44.5 Å². The zero-order chi connectivity index (χ0) is 22.0. The minimum absolute atomic E-state index is 0.127. The van der Waals surface area contributed by atoms with Gasteiger partial charge in [0, 0.05) is 11.9 Å². The van der Waals surface area contributed by atoms with E-state index in [-0.39, 0.29) is 11.9 Å². The third kappa shape index (κ3) is 4.52. The van der Waals surface area contributed by atoms with Crippen molar-refractivity contribution in [3.63, 3.8) is 0 Å². The van der Waals surface area contributed by atoms with E-state index in [1.54, 1.807) is 18.4 Å². The molecule has 1 atom stereocenters. The average molecular weight is 454 g/mol.